The minimum absolute atomic E-state index is 0.00144. The Kier molecular flexibility index (Phi) is 3.20. The van der Waals surface area contributed by atoms with Gasteiger partial charge in [-0.25, -0.2) is 0 Å². The summed E-state index contributed by atoms with van der Waals surface area (Å²) >= 11 is 7.20. The Morgan fingerprint density at radius 1 is 1.64 bits per heavy atom. The monoisotopic (exact) mass is 233 g/mol. The number of hydrogen-bond donors (Lipinski definition) is 1. The lowest BCUT2D eigenvalue weighted by Gasteiger charge is -2.01. The van der Waals surface area contributed by atoms with E-state index in [0.717, 1.165) is 0 Å². The van der Waals surface area contributed by atoms with Crippen LogP contribution >= 0.6 is 28.6 Å². The van der Waals surface area contributed by atoms with Gasteiger partial charge < -0.3 is 4.57 Å². The smallest absolute Gasteiger partial charge is 0.264 e. The maximum atomic E-state index is 11.2. The van der Waals surface area contributed by atoms with Crippen LogP contribution < -0.4 is 5.56 Å². The van der Waals surface area contributed by atoms with Gasteiger partial charge in [0.15, 0.2) is 0 Å². The van der Waals surface area contributed by atoms with E-state index >= 15 is 0 Å². The van der Waals surface area contributed by atoms with Crippen LogP contribution in [0.1, 0.15) is 0 Å². The molecule has 0 aliphatic carbocycles. The van der Waals surface area contributed by atoms with Crippen molar-refractivity contribution in [3.8, 4) is 0 Å². The van der Waals surface area contributed by atoms with Crippen molar-refractivity contribution < 1.29 is 0 Å². The number of rotatable bonds is 2. The van der Waals surface area contributed by atoms with Crippen molar-refractivity contribution in [2.24, 2.45) is 0 Å². The van der Waals surface area contributed by atoms with Crippen LogP contribution in [0, 0.1) is 0 Å². The Bertz CT molecular complexity index is 297. The Morgan fingerprint density at radius 3 is 3.00 bits per heavy atom. The molecule has 1 aromatic heterocycles. The lowest BCUT2D eigenvalue weighted by molar-refractivity contribution is 0.732. The summed E-state index contributed by atoms with van der Waals surface area (Å²) in [5.74, 6) is 0.677. The topological polar surface area (TPSA) is 22.0 Å². The van der Waals surface area contributed by atoms with Gasteiger partial charge >= 0.3 is 0 Å². The first-order chi connectivity index (χ1) is 5.25. The molecular formula is C7H8BrNOS. The largest absolute Gasteiger partial charge is 0.314 e. The minimum Gasteiger partial charge on any atom is -0.314 e. The van der Waals surface area contributed by atoms with Gasteiger partial charge in [-0.2, -0.15) is 12.6 Å². The third-order valence-corrected chi connectivity index (χ3v) is 2.12. The Morgan fingerprint density at radius 2 is 2.36 bits per heavy atom. The number of halogens is 1. The molecule has 0 amide bonds. The number of nitrogens with zero attached hydrogens (tertiary/aromatic N) is 1. The zero-order valence-corrected chi connectivity index (χ0v) is 8.31. The maximum Gasteiger partial charge on any atom is 0.264 e. The molecule has 2 nitrogen and oxygen atoms in total. The van der Waals surface area contributed by atoms with Crippen LogP contribution in [0.25, 0.3) is 0 Å². The summed E-state index contributed by atoms with van der Waals surface area (Å²) < 4.78 is 2.22. The highest BCUT2D eigenvalue weighted by molar-refractivity contribution is 9.10. The first-order valence-electron chi connectivity index (χ1n) is 3.21. The molecule has 0 bridgehead atoms. The van der Waals surface area contributed by atoms with Crippen molar-refractivity contribution in [3.05, 3.63) is 33.2 Å². The SMILES string of the molecule is O=c1c(Br)cccn1CCS. The summed E-state index contributed by atoms with van der Waals surface area (Å²) in [7, 11) is 0. The average Bonchev–Trinajstić information content (AvgIpc) is 1.99. The molecule has 0 fully saturated rings. The molecule has 0 radical (unpaired) electrons. The lowest BCUT2D eigenvalue weighted by atomic mass is 10.5. The zero-order chi connectivity index (χ0) is 8.27. The van der Waals surface area contributed by atoms with Gasteiger partial charge in [0.1, 0.15) is 0 Å². The maximum absolute atomic E-state index is 11.2. The molecule has 1 aromatic rings. The first-order valence-corrected chi connectivity index (χ1v) is 4.64. The minimum atomic E-state index is 0.00144. The van der Waals surface area contributed by atoms with E-state index in [4.69, 9.17) is 0 Å². The van der Waals surface area contributed by atoms with Crippen molar-refractivity contribution >= 4 is 28.6 Å². The van der Waals surface area contributed by atoms with Gasteiger partial charge in [0.05, 0.1) is 4.47 Å². The number of pyridine rings is 1. The average molecular weight is 234 g/mol. The second-order valence-corrected chi connectivity index (χ2v) is 3.38. The predicted octanol–water partition coefficient (Wildman–Crippen LogP) is 1.54. The van der Waals surface area contributed by atoms with Crippen LogP contribution in [0.2, 0.25) is 0 Å². The molecule has 0 aliphatic heterocycles. The van der Waals surface area contributed by atoms with Crippen LogP contribution in [-0.2, 0) is 6.54 Å². The first kappa shape index (κ1) is 8.87. The zero-order valence-electron chi connectivity index (χ0n) is 5.83. The van der Waals surface area contributed by atoms with Crippen LogP contribution in [0.15, 0.2) is 27.6 Å². The Labute approximate surface area is 78.8 Å². The van der Waals surface area contributed by atoms with Crippen LogP contribution in [0.5, 0.6) is 0 Å². The highest BCUT2D eigenvalue weighted by atomic mass is 79.9. The molecule has 60 valence electrons. The molecular weight excluding hydrogens is 226 g/mol. The molecule has 0 unspecified atom stereocenters. The summed E-state index contributed by atoms with van der Waals surface area (Å²) in [6.07, 6.45) is 1.75. The number of hydrogen-bond acceptors (Lipinski definition) is 2. The van der Waals surface area contributed by atoms with Gasteiger partial charge in [0.2, 0.25) is 0 Å². The molecule has 0 aliphatic rings. The van der Waals surface area contributed by atoms with E-state index in [-0.39, 0.29) is 5.56 Å². The van der Waals surface area contributed by atoms with E-state index in [2.05, 4.69) is 28.6 Å². The molecule has 0 N–H and O–H groups in total. The van der Waals surface area contributed by atoms with Gasteiger partial charge in [-0.05, 0) is 28.1 Å². The van der Waals surface area contributed by atoms with Crippen molar-refractivity contribution in [1.82, 2.24) is 4.57 Å². The van der Waals surface area contributed by atoms with Crippen LogP contribution in [0.4, 0.5) is 0 Å². The second-order valence-electron chi connectivity index (χ2n) is 2.08. The third-order valence-electron chi connectivity index (χ3n) is 1.31. The number of aromatic nitrogens is 1. The molecule has 0 saturated heterocycles. The lowest BCUT2D eigenvalue weighted by Crippen LogP contribution is -2.20. The predicted molar refractivity (Wildman–Crippen MR) is 52.3 cm³/mol. The summed E-state index contributed by atoms with van der Waals surface area (Å²) in [5, 5.41) is 0. The van der Waals surface area contributed by atoms with Gasteiger partial charge in [-0.3, -0.25) is 4.79 Å². The Hall–Kier alpha value is -0.220. The van der Waals surface area contributed by atoms with E-state index in [1.54, 1.807) is 16.8 Å². The van der Waals surface area contributed by atoms with E-state index in [0.29, 0.717) is 16.8 Å². The van der Waals surface area contributed by atoms with Gasteiger partial charge in [-0.1, -0.05) is 0 Å². The normalized spacial score (nSPS) is 10.0. The molecule has 1 rings (SSSR count). The Balaban J connectivity index is 3.07. The van der Waals surface area contributed by atoms with Crippen LogP contribution in [-0.4, -0.2) is 10.3 Å². The van der Waals surface area contributed by atoms with Crippen molar-refractivity contribution in [2.45, 2.75) is 6.54 Å². The van der Waals surface area contributed by atoms with E-state index < -0.39 is 0 Å². The third kappa shape index (κ3) is 2.10. The van der Waals surface area contributed by atoms with E-state index in [1.165, 1.54) is 0 Å². The van der Waals surface area contributed by atoms with Crippen LogP contribution in [0.3, 0.4) is 0 Å². The summed E-state index contributed by atoms with van der Waals surface area (Å²) in [6.45, 7) is 0.654. The van der Waals surface area contributed by atoms with E-state index in [9.17, 15) is 4.79 Å². The van der Waals surface area contributed by atoms with Crippen molar-refractivity contribution in [1.29, 1.82) is 0 Å². The van der Waals surface area contributed by atoms with Gasteiger partial charge in [0.25, 0.3) is 5.56 Å². The van der Waals surface area contributed by atoms with E-state index in [1.807, 2.05) is 6.07 Å². The molecule has 0 spiro atoms. The fraction of sp³-hybridized carbons (Fsp3) is 0.286. The molecule has 1 heterocycles. The quantitative estimate of drug-likeness (QED) is 0.770. The molecule has 0 saturated carbocycles. The fourth-order valence-electron chi connectivity index (χ4n) is 0.791. The van der Waals surface area contributed by atoms with Gasteiger partial charge in [-0.15, -0.1) is 0 Å². The molecule has 0 atom stereocenters. The molecule has 11 heavy (non-hydrogen) atoms. The van der Waals surface area contributed by atoms with Crippen molar-refractivity contribution in [2.75, 3.05) is 5.75 Å². The molecule has 4 heteroatoms. The van der Waals surface area contributed by atoms with Crippen molar-refractivity contribution in [3.63, 3.8) is 0 Å². The van der Waals surface area contributed by atoms with Gasteiger partial charge in [0, 0.05) is 18.5 Å². The highest BCUT2D eigenvalue weighted by Crippen LogP contribution is 2.00. The molecule has 0 aromatic carbocycles. The summed E-state index contributed by atoms with van der Waals surface area (Å²) in [6, 6.07) is 3.56. The summed E-state index contributed by atoms with van der Waals surface area (Å²) in [5.41, 5.74) is 0.00144. The standard InChI is InChI=1S/C7H8BrNOS/c8-6-2-1-3-9(4-5-11)7(6)10/h1-3,11H,4-5H2. The number of thiol groups is 1. The fourth-order valence-corrected chi connectivity index (χ4v) is 1.39. The highest BCUT2D eigenvalue weighted by Gasteiger charge is 1.96. The second kappa shape index (κ2) is 3.97. The summed E-state index contributed by atoms with van der Waals surface area (Å²) in [4.78, 5) is 11.2. The number of aryl methyl sites for hydroxylation is 1.